The minimum absolute atomic E-state index is 0.389. The van der Waals surface area contributed by atoms with Crippen molar-refractivity contribution in [3.8, 4) is 11.4 Å². The summed E-state index contributed by atoms with van der Waals surface area (Å²) in [5.41, 5.74) is 7.20. The summed E-state index contributed by atoms with van der Waals surface area (Å²) < 4.78 is 1.72. The normalized spacial score (nSPS) is 10.8. The van der Waals surface area contributed by atoms with Gasteiger partial charge in [0.25, 0.3) is 0 Å². The number of aromatic nitrogens is 7. The fourth-order valence-electron chi connectivity index (χ4n) is 1.77. The quantitative estimate of drug-likeness (QED) is 0.705. The molecule has 0 radical (unpaired) electrons. The zero-order valence-corrected chi connectivity index (χ0v) is 10.8. The highest BCUT2D eigenvalue weighted by atomic mass is 15.6. The van der Waals surface area contributed by atoms with Crippen molar-refractivity contribution in [2.45, 2.75) is 19.6 Å². The molecular weight excluding hydrogens is 256 g/mol. The molecule has 0 amide bonds. The summed E-state index contributed by atoms with van der Waals surface area (Å²) in [7, 11) is 0. The van der Waals surface area contributed by atoms with Crippen LogP contribution in [0.5, 0.6) is 0 Å². The molecule has 0 saturated carbocycles. The average Bonchev–Trinajstić information content (AvgIpc) is 3.15. The SMILES string of the molecule is NCc1cn(CCn2nnc(-c3ccccc3)n2)nn1. The van der Waals surface area contributed by atoms with Crippen LogP contribution in [0.4, 0.5) is 0 Å². The molecule has 0 spiro atoms. The molecule has 0 unspecified atom stereocenters. The minimum Gasteiger partial charge on any atom is -0.325 e. The Bertz CT molecular complexity index is 672. The first-order chi connectivity index (χ1) is 9.85. The monoisotopic (exact) mass is 270 g/mol. The lowest BCUT2D eigenvalue weighted by atomic mass is 10.2. The number of rotatable bonds is 5. The molecule has 20 heavy (non-hydrogen) atoms. The predicted octanol–water partition coefficient (Wildman–Crippen LogP) is 0.0905. The molecule has 0 aliphatic carbocycles. The summed E-state index contributed by atoms with van der Waals surface area (Å²) in [5, 5.41) is 20.3. The van der Waals surface area contributed by atoms with E-state index in [1.165, 1.54) is 0 Å². The van der Waals surface area contributed by atoms with E-state index in [-0.39, 0.29) is 0 Å². The van der Waals surface area contributed by atoms with Crippen molar-refractivity contribution in [1.82, 2.24) is 35.2 Å². The van der Waals surface area contributed by atoms with Crippen molar-refractivity contribution in [2.24, 2.45) is 5.73 Å². The maximum atomic E-state index is 5.48. The van der Waals surface area contributed by atoms with Gasteiger partial charge in [0.15, 0.2) is 0 Å². The van der Waals surface area contributed by atoms with Crippen LogP contribution in [-0.2, 0) is 19.6 Å². The lowest BCUT2D eigenvalue weighted by Gasteiger charge is -1.98. The van der Waals surface area contributed by atoms with Gasteiger partial charge in [0.05, 0.1) is 18.8 Å². The van der Waals surface area contributed by atoms with Gasteiger partial charge in [-0.15, -0.1) is 15.3 Å². The van der Waals surface area contributed by atoms with Crippen LogP contribution in [0, 0.1) is 0 Å². The van der Waals surface area contributed by atoms with Crippen LogP contribution in [0.15, 0.2) is 36.5 Å². The Morgan fingerprint density at radius 1 is 1.00 bits per heavy atom. The van der Waals surface area contributed by atoms with Gasteiger partial charge in [-0.25, -0.2) is 0 Å². The van der Waals surface area contributed by atoms with Crippen LogP contribution in [-0.4, -0.2) is 35.2 Å². The Balaban J connectivity index is 1.65. The van der Waals surface area contributed by atoms with Gasteiger partial charge in [0.2, 0.25) is 5.82 Å². The molecule has 0 aliphatic rings. The van der Waals surface area contributed by atoms with Gasteiger partial charge in [-0.3, -0.25) is 4.68 Å². The molecule has 2 heterocycles. The summed E-state index contributed by atoms with van der Waals surface area (Å²) in [6.45, 7) is 1.59. The van der Waals surface area contributed by atoms with Crippen molar-refractivity contribution in [2.75, 3.05) is 0 Å². The number of aryl methyl sites for hydroxylation is 2. The van der Waals surface area contributed by atoms with Gasteiger partial charge in [-0.1, -0.05) is 35.5 Å². The fraction of sp³-hybridized carbons (Fsp3) is 0.250. The Morgan fingerprint density at radius 2 is 1.85 bits per heavy atom. The minimum atomic E-state index is 0.389. The van der Waals surface area contributed by atoms with Crippen LogP contribution in [0.2, 0.25) is 0 Å². The summed E-state index contributed by atoms with van der Waals surface area (Å²) in [6.07, 6.45) is 1.81. The first kappa shape index (κ1) is 12.4. The lowest BCUT2D eigenvalue weighted by molar-refractivity contribution is 0.444. The van der Waals surface area contributed by atoms with Crippen LogP contribution in [0.25, 0.3) is 11.4 Å². The lowest BCUT2D eigenvalue weighted by Crippen LogP contribution is -2.10. The second kappa shape index (κ2) is 5.57. The molecule has 0 atom stereocenters. The molecule has 0 fully saturated rings. The largest absolute Gasteiger partial charge is 0.325 e. The highest BCUT2D eigenvalue weighted by molar-refractivity contribution is 5.52. The molecule has 0 bridgehead atoms. The maximum absolute atomic E-state index is 5.48. The second-order valence-corrected chi connectivity index (χ2v) is 4.25. The molecule has 0 aliphatic heterocycles. The molecule has 8 nitrogen and oxygen atoms in total. The van der Waals surface area contributed by atoms with Crippen LogP contribution >= 0.6 is 0 Å². The molecule has 8 heteroatoms. The number of hydrogen-bond acceptors (Lipinski definition) is 6. The van der Waals surface area contributed by atoms with Gasteiger partial charge in [0, 0.05) is 18.3 Å². The van der Waals surface area contributed by atoms with Gasteiger partial charge in [-0.2, -0.15) is 4.80 Å². The molecule has 1 aromatic carbocycles. The summed E-state index contributed by atoms with van der Waals surface area (Å²) in [5.74, 6) is 0.617. The number of benzene rings is 1. The van der Waals surface area contributed by atoms with Crippen LogP contribution < -0.4 is 5.73 Å². The van der Waals surface area contributed by atoms with E-state index in [9.17, 15) is 0 Å². The smallest absolute Gasteiger partial charge is 0.204 e. The molecular formula is C12H14N8. The average molecular weight is 270 g/mol. The standard InChI is InChI=1S/C12H14N8/c13-8-11-9-19(17-14-11)6-7-20-16-12(15-18-20)10-4-2-1-3-5-10/h1-5,9H,6-8,13H2. The van der Waals surface area contributed by atoms with Crippen molar-refractivity contribution < 1.29 is 0 Å². The number of hydrogen-bond donors (Lipinski definition) is 1. The summed E-state index contributed by atoms with van der Waals surface area (Å²) in [6, 6.07) is 9.74. The number of nitrogens with zero attached hydrogens (tertiary/aromatic N) is 7. The number of tetrazole rings is 1. The van der Waals surface area contributed by atoms with Crippen molar-refractivity contribution >= 4 is 0 Å². The first-order valence-electron chi connectivity index (χ1n) is 6.27. The van der Waals surface area contributed by atoms with Gasteiger partial charge in [0.1, 0.15) is 0 Å². The Kier molecular flexibility index (Phi) is 3.46. The van der Waals surface area contributed by atoms with E-state index in [1.54, 1.807) is 9.48 Å². The fourth-order valence-corrected chi connectivity index (χ4v) is 1.77. The Morgan fingerprint density at radius 3 is 2.60 bits per heavy atom. The third-order valence-electron chi connectivity index (χ3n) is 2.81. The van der Waals surface area contributed by atoms with Crippen molar-refractivity contribution in [3.05, 3.63) is 42.2 Å². The van der Waals surface area contributed by atoms with Crippen molar-refractivity contribution in [3.63, 3.8) is 0 Å². The van der Waals surface area contributed by atoms with Gasteiger partial charge < -0.3 is 5.73 Å². The Labute approximate surface area is 115 Å². The number of nitrogens with two attached hydrogens (primary N) is 1. The topological polar surface area (TPSA) is 100 Å². The van der Waals surface area contributed by atoms with E-state index in [1.807, 2.05) is 36.5 Å². The highest BCUT2D eigenvalue weighted by Gasteiger charge is 2.05. The van der Waals surface area contributed by atoms with E-state index >= 15 is 0 Å². The maximum Gasteiger partial charge on any atom is 0.204 e. The third kappa shape index (κ3) is 2.69. The highest BCUT2D eigenvalue weighted by Crippen LogP contribution is 2.11. The second-order valence-electron chi connectivity index (χ2n) is 4.25. The molecule has 102 valence electrons. The molecule has 3 aromatic rings. The van der Waals surface area contributed by atoms with E-state index in [0.29, 0.717) is 25.5 Å². The van der Waals surface area contributed by atoms with Crippen molar-refractivity contribution in [1.29, 1.82) is 0 Å². The van der Waals surface area contributed by atoms with Gasteiger partial charge >= 0.3 is 0 Å². The molecule has 2 aromatic heterocycles. The zero-order valence-electron chi connectivity index (χ0n) is 10.8. The van der Waals surface area contributed by atoms with E-state index in [2.05, 4.69) is 25.7 Å². The summed E-state index contributed by atoms with van der Waals surface area (Å²) in [4.78, 5) is 1.55. The zero-order chi connectivity index (χ0) is 13.8. The summed E-state index contributed by atoms with van der Waals surface area (Å²) >= 11 is 0. The van der Waals surface area contributed by atoms with E-state index < -0.39 is 0 Å². The van der Waals surface area contributed by atoms with Crippen LogP contribution in [0.3, 0.4) is 0 Å². The molecule has 0 saturated heterocycles. The predicted molar refractivity (Wildman–Crippen MR) is 71.2 cm³/mol. The van der Waals surface area contributed by atoms with Crippen LogP contribution in [0.1, 0.15) is 5.69 Å². The Hall–Kier alpha value is -2.61. The third-order valence-corrected chi connectivity index (χ3v) is 2.81. The molecule has 3 rings (SSSR count). The first-order valence-corrected chi connectivity index (χ1v) is 6.27. The van der Waals surface area contributed by atoms with E-state index in [0.717, 1.165) is 11.3 Å². The van der Waals surface area contributed by atoms with Gasteiger partial charge in [-0.05, 0) is 5.21 Å². The van der Waals surface area contributed by atoms with E-state index in [4.69, 9.17) is 5.73 Å². The molecule has 2 N–H and O–H groups in total.